The minimum Gasteiger partial charge on any atom is -0.481 e. The average Bonchev–Trinajstić information content (AvgIpc) is 3.11. The number of carbonyl (C=O) groups is 3. The summed E-state index contributed by atoms with van der Waals surface area (Å²) >= 11 is 0. The average molecular weight is 476 g/mol. The fraction of sp³-hybridized carbons (Fsp3) is 0.292. The number of fused-ring (bicyclic) bond motifs is 3. The standard InChI is InChI=1S/C24H23F3N2O5/c25-24(26,27)20(11-12-22(31)32)29-21(30)10-5-13-28-23(33)34-14-19-17-8-3-1-6-15(17)16-7-2-4-9-18(16)19/h1-10,19-20H,11-14H2,(H,28,33)(H,29,30)(H,31,32)/b10-5+/t20-/m0/s1. The quantitative estimate of drug-likeness (QED) is 0.475. The van der Waals surface area contributed by atoms with E-state index >= 15 is 0 Å². The molecule has 0 aromatic heterocycles. The predicted octanol–water partition coefficient (Wildman–Crippen LogP) is 3.99. The molecule has 0 aliphatic heterocycles. The van der Waals surface area contributed by atoms with Crippen molar-refractivity contribution >= 4 is 18.0 Å². The highest BCUT2D eigenvalue weighted by molar-refractivity contribution is 5.88. The van der Waals surface area contributed by atoms with Crippen molar-refractivity contribution in [3.8, 4) is 11.1 Å². The lowest BCUT2D eigenvalue weighted by Crippen LogP contribution is -2.45. The summed E-state index contributed by atoms with van der Waals surface area (Å²) in [6, 6.07) is 13.4. The van der Waals surface area contributed by atoms with E-state index in [4.69, 9.17) is 9.84 Å². The molecule has 2 aromatic carbocycles. The predicted molar refractivity (Wildman–Crippen MR) is 117 cm³/mol. The first-order valence-corrected chi connectivity index (χ1v) is 10.5. The lowest BCUT2D eigenvalue weighted by molar-refractivity contribution is -0.163. The molecule has 3 rings (SSSR count). The van der Waals surface area contributed by atoms with Crippen molar-refractivity contribution in [2.45, 2.75) is 31.0 Å². The Bertz CT molecular complexity index is 1040. The Balaban J connectivity index is 1.47. The number of nitrogens with one attached hydrogen (secondary N) is 2. The fourth-order valence-corrected chi connectivity index (χ4v) is 3.76. The Morgan fingerprint density at radius 3 is 2.18 bits per heavy atom. The normalized spacial score (nSPS) is 13.7. The number of carboxylic acid groups (broad SMARTS) is 1. The maximum absolute atomic E-state index is 12.9. The molecule has 0 fully saturated rings. The fourth-order valence-electron chi connectivity index (χ4n) is 3.76. The first-order valence-electron chi connectivity index (χ1n) is 10.5. The van der Waals surface area contributed by atoms with Gasteiger partial charge in [-0.1, -0.05) is 54.6 Å². The van der Waals surface area contributed by atoms with E-state index in [0.717, 1.165) is 28.3 Å². The Labute approximate surface area is 193 Å². The summed E-state index contributed by atoms with van der Waals surface area (Å²) in [5.41, 5.74) is 4.27. The van der Waals surface area contributed by atoms with Gasteiger partial charge in [-0.2, -0.15) is 13.2 Å². The van der Waals surface area contributed by atoms with Crippen LogP contribution in [0.2, 0.25) is 0 Å². The van der Waals surface area contributed by atoms with Crippen molar-refractivity contribution < 1.29 is 37.4 Å². The first kappa shape index (κ1) is 24.8. The first-order chi connectivity index (χ1) is 16.2. The third kappa shape index (κ3) is 6.37. The van der Waals surface area contributed by atoms with Gasteiger partial charge in [-0.25, -0.2) is 4.79 Å². The van der Waals surface area contributed by atoms with Crippen molar-refractivity contribution in [1.82, 2.24) is 10.6 Å². The third-order valence-electron chi connectivity index (χ3n) is 5.34. The molecule has 1 atom stereocenters. The van der Waals surface area contributed by atoms with Gasteiger partial charge in [0.2, 0.25) is 5.91 Å². The minimum absolute atomic E-state index is 0.0981. The number of carboxylic acids is 1. The van der Waals surface area contributed by atoms with Crippen LogP contribution < -0.4 is 10.6 Å². The Morgan fingerprint density at radius 2 is 1.62 bits per heavy atom. The SMILES string of the molecule is O=C(O)CC[C@H](NC(=O)/C=C/CNC(=O)OCC1c2ccccc2-c2ccccc21)C(F)(F)F. The molecule has 2 amide bonds. The second-order valence-electron chi connectivity index (χ2n) is 7.64. The highest BCUT2D eigenvalue weighted by atomic mass is 19.4. The van der Waals surface area contributed by atoms with Crippen LogP contribution >= 0.6 is 0 Å². The summed E-state index contributed by atoms with van der Waals surface area (Å²) in [4.78, 5) is 34.3. The van der Waals surface area contributed by atoms with Crippen LogP contribution in [0, 0.1) is 0 Å². The summed E-state index contributed by atoms with van der Waals surface area (Å²) in [5, 5.41) is 12.7. The van der Waals surface area contributed by atoms with Gasteiger partial charge >= 0.3 is 18.2 Å². The Kier molecular flexibility index (Phi) is 7.93. The summed E-state index contributed by atoms with van der Waals surface area (Å²) in [7, 11) is 0. The zero-order valence-corrected chi connectivity index (χ0v) is 18.0. The Morgan fingerprint density at radius 1 is 1.03 bits per heavy atom. The zero-order valence-electron chi connectivity index (χ0n) is 18.0. The molecular formula is C24H23F3N2O5. The van der Waals surface area contributed by atoms with Crippen LogP contribution in [-0.4, -0.2) is 48.4 Å². The van der Waals surface area contributed by atoms with Crippen LogP contribution in [0.25, 0.3) is 11.1 Å². The van der Waals surface area contributed by atoms with Crippen molar-refractivity contribution in [3.05, 3.63) is 71.8 Å². The Hall–Kier alpha value is -3.82. The van der Waals surface area contributed by atoms with Gasteiger partial charge in [0.05, 0.1) is 0 Å². The lowest BCUT2D eigenvalue weighted by atomic mass is 9.98. The minimum atomic E-state index is -4.78. The molecular weight excluding hydrogens is 453 g/mol. The van der Waals surface area contributed by atoms with Crippen LogP contribution in [-0.2, 0) is 14.3 Å². The highest BCUT2D eigenvalue weighted by Crippen LogP contribution is 2.44. The molecule has 0 saturated heterocycles. The largest absolute Gasteiger partial charge is 0.481 e. The molecule has 34 heavy (non-hydrogen) atoms. The number of halogens is 3. The van der Waals surface area contributed by atoms with Gasteiger partial charge in [0.1, 0.15) is 12.6 Å². The number of aliphatic carboxylic acids is 1. The van der Waals surface area contributed by atoms with E-state index in [1.54, 1.807) is 5.32 Å². The van der Waals surface area contributed by atoms with E-state index in [1.807, 2.05) is 48.5 Å². The zero-order chi connectivity index (χ0) is 24.7. The van der Waals surface area contributed by atoms with E-state index in [1.165, 1.54) is 6.08 Å². The van der Waals surface area contributed by atoms with Gasteiger partial charge in [-0.15, -0.1) is 0 Å². The van der Waals surface area contributed by atoms with Gasteiger partial charge in [0.25, 0.3) is 0 Å². The number of ether oxygens (including phenoxy) is 1. The summed E-state index contributed by atoms with van der Waals surface area (Å²) in [5.74, 6) is -2.57. The van der Waals surface area contributed by atoms with E-state index in [0.29, 0.717) is 0 Å². The second-order valence-corrected chi connectivity index (χ2v) is 7.64. The highest BCUT2D eigenvalue weighted by Gasteiger charge is 2.40. The molecule has 7 nitrogen and oxygen atoms in total. The molecule has 1 aliphatic carbocycles. The maximum atomic E-state index is 12.9. The lowest BCUT2D eigenvalue weighted by Gasteiger charge is -2.20. The van der Waals surface area contributed by atoms with E-state index in [9.17, 15) is 27.6 Å². The molecule has 10 heteroatoms. The molecule has 3 N–H and O–H groups in total. The van der Waals surface area contributed by atoms with E-state index in [-0.39, 0.29) is 19.1 Å². The van der Waals surface area contributed by atoms with Crippen molar-refractivity contribution in [3.63, 3.8) is 0 Å². The monoisotopic (exact) mass is 476 g/mol. The number of carbonyl (C=O) groups excluding carboxylic acids is 2. The molecule has 0 bridgehead atoms. The smallest absolute Gasteiger partial charge is 0.408 e. The van der Waals surface area contributed by atoms with Gasteiger partial charge in [-0.3, -0.25) is 9.59 Å². The van der Waals surface area contributed by atoms with Crippen molar-refractivity contribution in [1.29, 1.82) is 0 Å². The maximum Gasteiger partial charge on any atom is 0.408 e. The van der Waals surface area contributed by atoms with Crippen LogP contribution in [0.1, 0.15) is 29.9 Å². The van der Waals surface area contributed by atoms with Crippen LogP contribution in [0.5, 0.6) is 0 Å². The number of hydrogen-bond donors (Lipinski definition) is 3. The molecule has 0 spiro atoms. The van der Waals surface area contributed by atoms with Crippen LogP contribution in [0.15, 0.2) is 60.7 Å². The van der Waals surface area contributed by atoms with Crippen LogP contribution in [0.4, 0.5) is 18.0 Å². The topological polar surface area (TPSA) is 105 Å². The molecule has 0 saturated carbocycles. The molecule has 0 heterocycles. The number of alkyl halides is 3. The van der Waals surface area contributed by atoms with E-state index in [2.05, 4.69) is 5.32 Å². The molecule has 0 unspecified atom stereocenters. The van der Waals surface area contributed by atoms with Crippen LogP contribution in [0.3, 0.4) is 0 Å². The third-order valence-corrected chi connectivity index (χ3v) is 5.34. The molecule has 1 aliphatic rings. The van der Waals surface area contributed by atoms with Gasteiger partial charge in [-0.05, 0) is 28.7 Å². The molecule has 0 radical (unpaired) electrons. The number of benzene rings is 2. The number of amides is 2. The van der Waals surface area contributed by atoms with E-state index < -0.39 is 43.0 Å². The van der Waals surface area contributed by atoms with Crippen molar-refractivity contribution in [2.75, 3.05) is 13.2 Å². The number of alkyl carbamates (subject to hydrolysis) is 1. The molecule has 180 valence electrons. The van der Waals surface area contributed by atoms with Crippen molar-refractivity contribution in [2.24, 2.45) is 0 Å². The number of hydrogen-bond acceptors (Lipinski definition) is 4. The second kappa shape index (κ2) is 10.9. The van der Waals surface area contributed by atoms with Gasteiger partial charge in [0.15, 0.2) is 0 Å². The summed E-state index contributed by atoms with van der Waals surface area (Å²) < 4.78 is 44.1. The number of rotatable bonds is 9. The van der Waals surface area contributed by atoms with Gasteiger partial charge < -0.3 is 20.5 Å². The summed E-state index contributed by atoms with van der Waals surface area (Å²) in [6.45, 7) is -0.0448. The summed E-state index contributed by atoms with van der Waals surface area (Å²) in [6.07, 6.45) is -5.03. The molecule has 2 aromatic rings. The van der Waals surface area contributed by atoms with Gasteiger partial charge in [0, 0.05) is 25.0 Å².